The van der Waals surface area contributed by atoms with Crippen LogP contribution in [0.2, 0.25) is 0 Å². The van der Waals surface area contributed by atoms with Gasteiger partial charge in [-0.1, -0.05) is 31.2 Å². The van der Waals surface area contributed by atoms with E-state index in [4.69, 9.17) is 0 Å². The first-order valence-corrected chi connectivity index (χ1v) is 9.09. The van der Waals surface area contributed by atoms with Gasteiger partial charge in [0.15, 0.2) is 0 Å². The summed E-state index contributed by atoms with van der Waals surface area (Å²) >= 11 is 1.55. The van der Waals surface area contributed by atoms with Crippen molar-refractivity contribution < 1.29 is 14.7 Å². The molecule has 2 aliphatic rings. The van der Waals surface area contributed by atoms with Crippen LogP contribution in [0.15, 0.2) is 30.3 Å². The lowest BCUT2D eigenvalue weighted by Crippen LogP contribution is -2.29. The minimum atomic E-state index is -0.808. The Labute approximate surface area is 144 Å². The maximum absolute atomic E-state index is 12.8. The van der Waals surface area contributed by atoms with Crippen molar-refractivity contribution in [2.24, 2.45) is 11.8 Å². The molecule has 5 heteroatoms. The Morgan fingerprint density at radius 3 is 2.67 bits per heavy atom. The van der Waals surface area contributed by atoms with Crippen molar-refractivity contribution in [1.29, 1.82) is 0 Å². The number of fused-ring (bicyclic) bond motifs is 3. The van der Waals surface area contributed by atoms with Crippen LogP contribution in [0, 0.1) is 11.8 Å². The van der Waals surface area contributed by atoms with Crippen LogP contribution in [0.25, 0.3) is 10.4 Å². The second kappa shape index (κ2) is 5.74. The van der Waals surface area contributed by atoms with Gasteiger partial charge in [-0.2, -0.15) is 0 Å². The van der Waals surface area contributed by atoms with E-state index < -0.39 is 11.9 Å². The number of aliphatic carboxylic acids is 1. The summed E-state index contributed by atoms with van der Waals surface area (Å²) in [6.45, 7) is 2.74. The van der Waals surface area contributed by atoms with Crippen molar-refractivity contribution in [1.82, 2.24) is 4.90 Å². The zero-order valence-corrected chi connectivity index (χ0v) is 14.3. The number of carboxylic acids is 1. The predicted octanol–water partition coefficient (Wildman–Crippen LogP) is 3.31. The number of amides is 1. The number of carboxylic acid groups (broad SMARTS) is 1. The van der Waals surface area contributed by atoms with Crippen molar-refractivity contribution in [3.05, 3.63) is 46.3 Å². The summed E-state index contributed by atoms with van der Waals surface area (Å²) in [7, 11) is 0. The van der Waals surface area contributed by atoms with Crippen LogP contribution in [0.1, 0.15) is 27.7 Å². The first-order valence-electron chi connectivity index (χ1n) is 8.27. The van der Waals surface area contributed by atoms with Gasteiger partial charge in [0.2, 0.25) is 0 Å². The van der Waals surface area contributed by atoms with Crippen LogP contribution >= 0.6 is 11.3 Å². The maximum Gasteiger partial charge on any atom is 0.308 e. The first-order chi connectivity index (χ1) is 11.5. The quantitative estimate of drug-likeness (QED) is 0.912. The average Bonchev–Trinajstić information content (AvgIpc) is 3.18. The summed E-state index contributed by atoms with van der Waals surface area (Å²) in [5.41, 5.74) is 3.82. The highest BCUT2D eigenvalue weighted by Gasteiger charge is 2.37. The van der Waals surface area contributed by atoms with Gasteiger partial charge in [-0.15, -0.1) is 11.3 Å². The number of benzene rings is 1. The SMILES string of the molecule is C[C@@H]1CN(C(=O)c2cc3c(s2)-c2ccccc2CC3)C[C@H]1C(=O)O. The van der Waals surface area contributed by atoms with E-state index >= 15 is 0 Å². The molecule has 124 valence electrons. The maximum atomic E-state index is 12.8. The highest BCUT2D eigenvalue weighted by atomic mass is 32.1. The van der Waals surface area contributed by atoms with E-state index in [1.165, 1.54) is 21.6 Å². The Kier molecular flexibility index (Phi) is 3.68. The minimum Gasteiger partial charge on any atom is -0.481 e. The molecule has 0 spiro atoms. The fourth-order valence-corrected chi connectivity index (χ4v) is 5.03. The van der Waals surface area contributed by atoms with E-state index in [9.17, 15) is 14.7 Å². The van der Waals surface area contributed by atoms with Gasteiger partial charge < -0.3 is 10.0 Å². The third-order valence-electron chi connectivity index (χ3n) is 5.16. The fraction of sp³-hybridized carbons (Fsp3) is 0.368. The number of likely N-dealkylation sites (tertiary alicyclic amines) is 1. The standard InChI is InChI=1S/C19H19NO3S/c1-11-9-20(10-15(11)19(22)23)18(21)16-8-13-7-6-12-4-2-3-5-14(12)17(13)24-16/h2-5,8,11,15H,6-7,9-10H2,1H3,(H,22,23)/t11-,15-/m1/s1. The average molecular weight is 341 g/mol. The number of carbonyl (C=O) groups excluding carboxylic acids is 1. The highest BCUT2D eigenvalue weighted by molar-refractivity contribution is 7.17. The third-order valence-corrected chi connectivity index (χ3v) is 6.36. The number of aryl methyl sites for hydroxylation is 2. The van der Waals surface area contributed by atoms with Crippen LogP contribution in [-0.2, 0) is 17.6 Å². The smallest absolute Gasteiger partial charge is 0.308 e. The molecule has 0 unspecified atom stereocenters. The van der Waals surface area contributed by atoms with Crippen LogP contribution in [0.4, 0.5) is 0 Å². The molecule has 1 aliphatic carbocycles. The number of rotatable bonds is 2. The number of carbonyl (C=O) groups is 2. The van der Waals surface area contributed by atoms with Gasteiger partial charge in [0.25, 0.3) is 5.91 Å². The molecule has 0 saturated carbocycles. The van der Waals surface area contributed by atoms with Crippen molar-refractivity contribution in [2.45, 2.75) is 19.8 Å². The Balaban J connectivity index is 1.62. The van der Waals surface area contributed by atoms with E-state index in [0.29, 0.717) is 13.1 Å². The monoisotopic (exact) mass is 341 g/mol. The molecule has 1 aliphatic heterocycles. The van der Waals surface area contributed by atoms with Gasteiger partial charge >= 0.3 is 5.97 Å². The largest absolute Gasteiger partial charge is 0.481 e. The second-order valence-corrected chi connectivity index (χ2v) is 7.81. The molecule has 2 atom stereocenters. The van der Waals surface area contributed by atoms with Gasteiger partial charge in [-0.25, -0.2) is 0 Å². The van der Waals surface area contributed by atoms with Gasteiger partial charge in [-0.05, 0) is 41.5 Å². The predicted molar refractivity (Wildman–Crippen MR) is 93.4 cm³/mol. The highest BCUT2D eigenvalue weighted by Crippen LogP contribution is 2.40. The van der Waals surface area contributed by atoms with E-state index in [1.807, 2.05) is 19.1 Å². The van der Waals surface area contributed by atoms with Crippen molar-refractivity contribution >= 4 is 23.2 Å². The molecule has 1 fully saturated rings. The Morgan fingerprint density at radius 1 is 1.17 bits per heavy atom. The molecule has 0 radical (unpaired) electrons. The number of nitrogens with zero attached hydrogens (tertiary/aromatic N) is 1. The van der Waals surface area contributed by atoms with Gasteiger partial charge in [-0.3, -0.25) is 9.59 Å². The molecule has 24 heavy (non-hydrogen) atoms. The number of hydrogen-bond acceptors (Lipinski definition) is 3. The number of hydrogen-bond donors (Lipinski definition) is 1. The van der Waals surface area contributed by atoms with Gasteiger partial charge in [0.1, 0.15) is 0 Å². The zero-order chi connectivity index (χ0) is 16.8. The summed E-state index contributed by atoms with van der Waals surface area (Å²) < 4.78 is 0. The molecular formula is C19H19NO3S. The molecule has 1 amide bonds. The van der Waals surface area contributed by atoms with Crippen LogP contribution < -0.4 is 0 Å². The van der Waals surface area contributed by atoms with Crippen LogP contribution in [0.3, 0.4) is 0 Å². The summed E-state index contributed by atoms with van der Waals surface area (Å²) in [6.07, 6.45) is 1.97. The molecule has 2 aromatic rings. The summed E-state index contributed by atoms with van der Waals surface area (Å²) in [5, 5.41) is 9.26. The zero-order valence-electron chi connectivity index (χ0n) is 13.5. The first kappa shape index (κ1) is 15.4. The molecule has 1 aromatic carbocycles. The molecule has 1 saturated heterocycles. The second-order valence-electron chi connectivity index (χ2n) is 6.75. The molecule has 2 heterocycles. The van der Waals surface area contributed by atoms with Crippen LogP contribution in [0.5, 0.6) is 0 Å². The van der Waals surface area contributed by atoms with Crippen molar-refractivity contribution in [2.75, 3.05) is 13.1 Å². The Bertz CT molecular complexity index is 826. The fourth-order valence-electron chi connectivity index (χ4n) is 3.79. The Hall–Kier alpha value is -2.14. The topological polar surface area (TPSA) is 57.6 Å². The molecular weight excluding hydrogens is 322 g/mol. The summed E-state index contributed by atoms with van der Waals surface area (Å²) in [4.78, 5) is 27.7. The van der Waals surface area contributed by atoms with Crippen molar-refractivity contribution in [3.8, 4) is 10.4 Å². The van der Waals surface area contributed by atoms with E-state index in [0.717, 1.165) is 17.7 Å². The lowest BCUT2D eigenvalue weighted by Gasteiger charge is -2.15. The van der Waals surface area contributed by atoms with E-state index in [1.54, 1.807) is 16.2 Å². The lowest BCUT2D eigenvalue weighted by atomic mass is 9.91. The van der Waals surface area contributed by atoms with Gasteiger partial charge in [0.05, 0.1) is 10.8 Å². The van der Waals surface area contributed by atoms with E-state index in [-0.39, 0.29) is 11.8 Å². The molecule has 4 nitrogen and oxygen atoms in total. The lowest BCUT2D eigenvalue weighted by molar-refractivity contribution is -0.142. The van der Waals surface area contributed by atoms with Gasteiger partial charge in [0, 0.05) is 18.0 Å². The summed E-state index contributed by atoms with van der Waals surface area (Å²) in [5.74, 6) is -1.29. The van der Waals surface area contributed by atoms with Crippen LogP contribution in [-0.4, -0.2) is 35.0 Å². The normalized spacial score (nSPS) is 22.1. The summed E-state index contributed by atoms with van der Waals surface area (Å²) in [6, 6.07) is 10.4. The molecule has 0 bridgehead atoms. The number of thiophene rings is 1. The molecule has 1 aromatic heterocycles. The Morgan fingerprint density at radius 2 is 1.92 bits per heavy atom. The van der Waals surface area contributed by atoms with E-state index in [2.05, 4.69) is 18.2 Å². The minimum absolute atomic E-state index is 0.00163. The molecule has 4 rings (SSSR count). The molecule has 1 N–H and O–H groups in total. The third kappa shape index (κ3) is 2.44. The van der Waals surface area contributed by atoms with Crippen molar-refractivity contribution in [3.63, 3.8) is 0 Å².